The minimum Gasteiger partial charge on any atom is -0.451 e. The molecule has 7 nitrogen and oxygen atoms in total. The Bertz CT molecular complexity index is 1170. The van der Waals surface area contributed by atoms with Gasteiger partial charge in [-0.2, -0.15) is 13.8 Å². The Morgan fingerprint density at radius 3 is 2.48 bits per heavy atom. The summed E-state index contributed by atoms with van der Waals surface area (Å²) in [4.78, 5) is 20.8. The molecule has 0 saturated heterocycles. The number of benzene rings is 2. The van der Waals surface area contributed by atoms with E-state index in [4.69, 9.17) is 9.26 Å². The molecule has 0 aliphatic rings. The Balaban J connectivity index is 1.55. The fraction of sp³-hybridized carbons (Fsp3) is 0.200. The van der Waals surface area contributed by atoms with Crippen LogP contribution in [0.3, 0.4) is 0 Å². The van der Waals surface area contributed by atoms with Crippen molar-refractivity contribution in [1.29, 1.82) is 0 Å². The first kappa shape index (κ1) is 18.7. The number of esters is 1. The average molecular weight is 398 g/mol. The first-order valence-electron chi connectivity index (χ1n) is 8.81. The molecule has 2 aromatic heterocycles. The van der Waals surface area contributed by atoms with Gasteiger partial charge in [0.2, 0.25) is 0 Å². The monoisotopic (exact) mass is 398 g/mol. The number of alkyl halides is 2. The molecular weight excluding hydrogens is 382 g/mol. The number of aryl methyl sites for hydroxylation is 1. The number of ether oxygens (including phenoxy) is 1. The van der Waals surface area contributed by atoms with E-state index < -0.39 is 18.6 Å². The fourth-order valence-electron chi connectivity index (χ4n) is 3.00. The second kappa shape index (κ2) is 7.42. The van der Waals surface area contributed by atoms with Crippen LogP contribution in [0.2, 0.25) is 0 Å². The van der Waals surface area contributed by atoms with Crippen molar-refractivity contribution in [3.63, 3.8) is 0 Å². The number of hydrogen-bond acceptors (Lipinski definition) is 6. The summed E-state index contributed by atoms with van der Waals surface area (Å²) < 4.78 is 38.4. The van der Waals surface area contributed by atoms with Crippen molar-refractivity contribution in [2.45, 2.75) is 26.5 Å². The molecule has 148 valence electrons. The zero-order chi connectivity index (χ0) is 20.5. The number of nitrogens with zero attached hydrogens (tertiary/aromatic N) is 4. The van der Waals surface area contributed by atoms with Gasteiger partial charge in [-0.05, 0) is 50.2 Å². The molecule has 0 aliphatic carbocycles. The second-order valence-electron chi connectivity index (χ2n) is 6.38. The van der Waals surface area contributed by atoms with Crippen molar-refractivity contribution in [2.75, 3.05) is 0 Å². The van der Waals surface area contributed by atoms with Crippen molar-refractivity contribution in [1.82, 2.24) is 19.7 Å². The first-order chi connectivity index (χ1) is 13.9. The number of imidazole rings is 1. The van der Waals surface area contributed by atoms with Crippen LogP contribution in [0.15, 0.2) is 53.1 Å². The van der Waals surface area contributed by atoms with E-state index in [9.17, 15) is 13.6 Å². The van der Waals surface area contributed by atoms with Gasteiger partial charge in [0, 0.05) is 5.56 Å². The van der Waals surface area contributed by atoms with E-state index >= 15 is 0 Å². The zero-order valence-electron chi connectivity index (χ0n) is 15.5. The molecule has 0 fully saturated rings. The molecule has 0 bridgehead atoms. The number of rotatable bonds is 5. The summed E-state index contributed by atoms with van der Waals surface area (Å²) in [6, 6.07) is 12.9. The predicted octanol–water partition coefficient (Wildman–Crippen LogP) is 4.71. The van der Waals surface area contributed by atoms with E-state index in [0.717, 1.165) is 4.57 Å². The van der Waals surface area contributed by atoms with Crippen molar-refractivity contribution < 1.29 is 22.8 Å². The van der Waals surface area contributed by atoms with E-state index in [2.05, 4.69) is 15.1 Å². The Morgan fingerprint density at radius 1 is 1.10 bits per heavy atom. The SMILES string of the molecule is Cc1noc(-c2ccc(C(=O)OC(C)c3nc4ccccc4n3C(F)F)cc2)n1. The number of carbonyl (C=O) groups excluding carboxylic acids is 1. The first-order valence-corrected chi connectivity index (χ1v) is 8.81. The maximum absolute atomic E-state index is 13.6. The van der Waals surface area contributed by atoms with Crippen LogP contribution in [0.25, 0.3) is 22.5 Å². The van der Waals surface area contributed by atoms with Crippen LogP contribution in [-0.4, -0.2) is 25.7 Å². The highest BCUT2D eigenvalue weighted by atomic mass is 19.3. The van der Waals surface area contributed by atoms with E-state index in [0.29, 0.717) is 22.8 Å². The number of para-hydroxylation sites is 2. The number of aromatic nitrogens is 4. The number of halogens is 2. The molecule has 1 unspecified atom stereocenters. The lowest BCUT2D eigenvalue weighted by molar-refractivity contribution is 0.0233. The van der Waals surface area contributed by atoms with E-state index in [-0.39, 0.29) is 16.9 Å². The van der Waals surface area contributed by atoms with E-state index in [1.165, 1.54) is 6.92 Å². The summed E-state index contributed by atoms with van der Waals surface area (Å²) in [5.41, 5.74) is 1.59. The Kier molecular flexibility index (Phi) is 4.79. The van der Waals surface area contributed by atoms with Gasteiger partial charge in [0.05, 0.1) is 16.6 Å². The van der Waals surface area contributed by atoms with Gasteiger partial charge in [-0.3, -0.25) is 4.57 Å². The number of hydrogen-bond donors (Lipinski definition) is 0. The highest BCUT2D eigenvalue weighted by Crippen LogP contribution is 2.28. The molecule has 9 heteroatoms. The van der Waals surface area contributed by atoms with Gasteiger partial charge in [0.1, 0.15) is 0 Å². The number of fused-ring (bicyclic) bond motifs is 1. The third-order valence-corrected chi connectivity index (χ3v) is 4.36. The summed E-state index contributed by atoms with van der Waals surface area (Å²) in [7, 11) is 0. The van der Waals surface area contributed by atoms with Crippen molar-refractivity contribution in [3.8, 4) is 11.5 Å². The third-order valence-electron chi connectivity index (χ3n) is 4.36. The van der Waals surface area contributed by atoms with Gasteiger partial charge in [-0.25, -0.2) is 9.78 Å². The topological polar surface area (TPSA) is 83.0 Å². The maximum atomic E-state index is 13.6. The Labute approximate surface area is 163 Å². The van der Waals surface area contributed by atoms with Gasteiger partial charge >= 0.3 is 12.5 Å². The predicted molar refractivity (Wildman–Crippen MR) is 99.3 cm³/mol. The molecule has 0 aliphatic heterocycles. The highest BCUT2D eigenvalue weighted by molar-refractivity contribution is 5.90. The van der Waals surface area contributed by atoms with Crippen molar-refractivity contribution in [3.05, 3.63) is 65.7 Å². The zero-order valence-corrected chi connectivity index (χ0v) is 15.5. The van der Waals surface area contributed by atoms with Crippen LogP contribution < -0.4 is 0 Å². The van der Waals surface area contributed by atoms with E-state index in [1.807, 2.05) is 0 Å². The lowest BCUT2D eigenvalue weighted by atomic mass is 10.1. The van der Waals surface area contributed by atoms with Crippen molar-refractivity contribution >= 4 is 17.0 Å². The van der Waals surface area contributed by atoms with Crippen LogP contribution in [0.4, 0.5) is 8.78 Å². The van der Waals surface area contributed by atoms with Gasteiger partial charge < -0.3 is 9.26 Å². The van der Waals surface area contributed by atoms with Gasteiger partial charge in [0.25, 0.3) is 5.89 Å². The minimum absolute atomic E-state index is 0.0208. The highest BCUT2D eigenvalue weighted by Gasteiger charge is 2.24. The molecule has 2 heterocycles. The smallest absolute Gasteiger partial charge is 0.338 e. The fourth-order valence-corrected chi connectivity index (χ4v) is 3.00. The lowest BCUT2D eigenvalue weighted by Gasteiger charge is -2.15. The minimum atomic E-state index is -2.81. The second-order valence-corrected chi connectivity index (χ2v) is 6.38. The van der Waals surface area contributed by atoms with Crippen molar-refractivity contribution in [2.24, 2.45) is 0 Å². The molecule has 0 N–H and O–H groups in total. The molecule has 4 aromatic rings. The van der Waals surface area contributed by atoms with Gasteiger partial charge in [-0.15, -0.1) is 0 Å². The van der Waals surface area contributed by atoms with Crippen LogP contribution in [-0.2, 0) is 4.74 Å². The quantitative estimate of drug-likeness (QED) is 0.453. The molecular formula is C20H16F2N4O3. The van der Waals surface area contributed by atoms with E-state index in [1.54, 1.807) is 55.5 Å². The molecule has 1 atom stereocenters. The normalized spacial score (nSPS) is 12.4. The molecule has 0 amide bonds. The summed E-state index contributed by atoms with van der Waals surface area (Å²) in [6.07, 6.45) is -0.970. The standard InChI is InChI=1S/C20H16F2N4O3/c1-11(17-24-15-5-3-4-6-16(15)26(17)20(21)22)28-19(27)14-9-7-13(8-10-14)18-23-12(2)25-29-18/h3-11,20H,1-2H3. The Hall–Kier alpha value is -3.62. The lowest BCUT2D eigenvalue weighted by Crippen LogP contribution is -2.14. The van der Waals surface area contributed by atoms with Gasteiger partial charge in [-0.1, -0.05) is 17.3 Å². The molecule has 29 heavy (non-hydrogen) atoms. The maximum Gasteiger partial charge on any atom is 0.338 e. The molecule has 2 aromatic carbocycles. The van der Waals surface area contributed by atoms with Crippen LogP contribution in [0, 0.1) is 6.92 Å². The summed E-state index contributed by atoms with van der Waals surface area (Å²) in [6.45, 7) is 0.399. The summed E-state index contributed by atoms with van der Waals surface area (Å²) in [5, 5.41) is 3.72. The van der Waals surface area contributed by atoms with Crippen LogP contribution in [0.1, 0.15) is 41.6 Å². The summed E-state index contributed by atoms with van der Waals surface area (Å²) in [5.74, 6) is 0.159. The Morgan fingerprint density at radius 2 is 1.83 bits per heavy atom. The third kappa shape index (κ3) is 3.58. The molecule has 0 spiro atoms. The summed E-state index contributed by atoms with van der Waals surface area (Å²) >= 11 is 0. The van der Waals surface area contributed by atoms with Crippen LogP contribution >= 0.6 is 0 Å². The molecule has 0 radical (unpaired) electrons. The number of carbonyl (C=O) groups is 1. The molecule has 4 rings (SSSR count). The van der Waals surface area contributed by atoms with Gasteiger partial charge in [0.15, 0.2) is 17.8 Å². The van der Waals surface area contributed by atoms with Crippen LogP contribution in [0.5, 0.6) is 0 Å². The largest absolute Gasteiger partial charge is 0.451 e. The molecule has 0 saturated carbocycles. The average Bonchev–Trinajstić information content (AvgIpc) is 3.31.